The minimum Gasteiger partial charge on any atom is -0.480 e. The first kappa shape index (κ1) is 13.5. The Balaban J connectivity index is 2.57. The smallest absolute Gasteiger partial charge is 0.324 e. The van der Waals surface area contributed by atoms with Crippen LogP contribution in [0.5, 0.6) is 0 Å². The minimum absolute atomic E-state index is 0.598. The number of rotatable bonds is 5. The summed E-state index contributed by atoms with van der Waals surface area (Å²) in [5.74, 6) is -0.0685. The van der Waals surface area contributed by atoms with Crippen LogP contribution in [-0.4, -0.2) is 47.7 Å². The largest absolute Gasteiger partial charge is 0.480 e. The monoisotopic (exact) mass is 228 g/mol. The molecular formula is C12H24N2O2. The van der Waals surface area contributed by atoms with E-state index < -0.39 is 11.5 Å². The average Bonchev–Trinajstić information content (AvgIpc) is 2.17. The van der Waals surface area contributed by atoms with Crippen LogP contribution in [0, 0.1) is 5.92 Å². The summed E-state index contributed by atoms with van der Waals surface area (Å²) in [6.45, 7) is 9.29. The summed E-state index contributed by atoms with van der Waals surface area (Å²) < 4.78 is 0. The van der Waals surface area contributed by atoms with Crippen LogP contribution in [0.15, 0.2) is 0 Å². The maximum absolute atomic E-state index is 11.3. The van der Waals surface area contributed by atoms with Gasteiger partial charge in [0.15, 0.2) is 0 Å². The highest BCUT2D eigenvalue weighted by molar-refractivity contribution is 5.78. The summed E-state index contributed by atoms with van der Waals surface area (Å²) in [5, 5.41) is 12.4. The Bertz CT molecular complexity index is 245. The van der Waals surface area contributed by atoms with Crippen molar-refractivity contribution in [1.29, 1.82) is 0 Å². The Morgan fingerprint density at radius 1 is 1.62 bits per heavy atom. The van der Waals surface area contributed by atoms with Crippen molar-refractivity contribution in [3.05, 3.63) is 0 Å². The van der Waals surface area contributed by atoms with E-state index in [1.807, 2.05) is 6.92 Å². The van der Waals surface area contributed by atoms with Crippen molar-refractivity contribution in [2.75, 3.05) is 26.2 Å². The number of piperidine rings is 1. The van der Waals surface area contributed by atoms with Crippen LogP contribution in [0.25, 0.3) is 0 Å². The van der Waals surface area contributed by atoms with Crippen LogP contribution in [0.2, 0.25) is 0 Å². The van der Waals surface area contributed by atoms with Crippen molar-refractivity contribution in [3.63, 3.8) is 0 Å². The highest BCUT2D eigenvalue weighted by Gasteiger charge is 2.35. The fourth-order valence-electron chi connectivity index (χ4n) is 2.47. The van der Waals surface area contributed by atoms with Gasteiger partial charge >= 0.3 is 5.97 Å². The van der Waals surface area contributed by atoms with Gasteiger partial charge in [-0.2, -0.15) is 0 Å². The zero-order valence-electron chi connectivity index (χ0n) is 10.6. The lowest BCUT2D eigenvalue weighted by Gasteiger charge is -2.37. The number of carboxylic acid groups (broad SMARTS) is 1. The van der Waals surface area contributed by atoms with Crippen LogP contribution in [-0.2, 0) is 4.79 Å². The number of nitrogens with zero attached hydrogens (tertiary/aromatic N) is 1. The summed E-state index contributed by atoms with van der Waals surface area (Å²) in [4.78, 5) is 13.5. The van der Waals surface area contributed by atoms with E-state index in [2.05, 4.69) is 17.1 Å². The maximum Gasteiger partial charge on any atom is 0.324 e. The van der Waals surface area contributed by atoms with Gasteiger partial charge in [-0.25, -0.2) is 0 Å². The summed E-state index contributed by atoms with van der Waals surface area (Å²) >= 11 is 0. The van der Waals surface area contributed by atoms with E-state index in [-0.39, 0.29) is 0 Å². The molecule has 0 bridgehead atoms. The van der Waals surface area contributed by atoms with Crippen molar-refractivity contribution < 1.29 is 9.90 Å². The predicted octanol–water partition coefficient (Wildman–Crippen LogP) is 1.17. The Labute approximate surface area is 98.0 Å². The number of carboxylic acids is 1. The SMILES string of the molecule is CCNC(C)(CN1CCCC(C)C1)C(=O)O. The second-order valence-electron chi connectivity index (χ2n) is 5.15. The lowest BCUT2D eigenvalue weighted by atomic mass is 9.96. The van der Waals surface area contributed by atoms with Gasteiger partial charge in [0, 0.05) is 13.1 Å². The van der Waals surface area contributed by atoms with Gasteiger partial charge in [-0.1, -0.05) is 13.8 Å². The lowest BCUT2D eigenvalue weighted by molar-refractivity contribution is -0.145. The van der Waals surface area contributed by atoms with Gasteiger partial charge in [-0.15, -0.1) is 0 Å². The molecule has 1 aliphatic heterocycles. The molecule has 0 aromatic rings. The summed E-state index contributed by atoms with van der Waals surface area (Å²) in [5.41, 5.74) is -0.814. The number of likely N-dealkylation sites (N-methyl/N-ethyl adjacent to an activating group) is 1. The molecule has 0 aliphatic carbocycles. The standard InChI is InChI=1S/C12H24N2O2/c1-4-13-12(3,11(15)16)9-14-7-5-6-10(2)8-14/h10,13H,4-9H2,1-3H3,(H,15,16). The second-order valence-corrected chi connectivity index (χ2v) is 5.15. The first-order chi connectivity index (χ1) is 7.48. The van der Waals surface area contributed by atoms with Gasteiger partial charge in [0.1, 0.15) is 5.54 Å². The molecule has 1 rings (SSSR count). The highest BCUT2D eigenvalue weighted by atomic mass is 16.4. The third kappa shape index (κ3) is 3.46. The molecule has 1 heterocycles. The molecule has 0 saturated carbocycles. The quantitative estimate of drug-likeness (QED) is 0.741. The van der Waals surface area contributed by atoms with Crippen molar-refractivity contribution in [3.8, 4) is 0 Å². The zero-order valence-corrected chi connectivity index (χ0v) is 10.6. The van der Waals surface area contributed by atoms with Crippen LogP contribution in [0.1, 0.15) is 33.6 Å². The Morgan fingerprint density at radius 3 is 2.81 bits per heavy atom. The van der Waals surface area contributed by atoms with Crippen LogP contribution in [0.4, 0.5) is 0 Å². The summed E-state index contributed by atoms with van der Waals surface area (Å²) in [7, 11) is 0. The molecule has 2 atom stereocenters. The topological polar surface area (TPSA) is 52.6 Å². The van der Waals surface area contributed by atoms with Crippen molar-refractivity contribution in [1.82, 2.24) is 10.2 Å². The number of carbonyl (C=O) groups is 1. The molecule has 0 radical (unpaired) electrons. The van der Waals surface area contributed by atoms with E-state index in [0.29, 0.717) is 19.0 Å². The van der Waals surface area contributed by atoms with Crippen LogP contribution < -0.4 is 5.32 Å². The first-order valence-corrected chi connectivity index (χ1v) is 6.18. The molecule has 4 nitrogen and oxygen atoms in total. The van der Waals surface area contributed by atoms with Crippen molar-refractivity contribution in [2.45, 2.75) is 39.2 Å². The molecule has 16 heavy (non-hydrogen) atoms. The third-order valence-electron chi connectivity index (χ3n) is 3.32. The molecule has 1 aliphatic rings. The van der Waals surface area contributed by atoms with Gasteiger partial charge in [0.25, 0.3) is 0 Å². The number of hydrogen-bond donors (Lipinski definition) is 2. The molecule has 1 saturated heterocycles. The van der Waals surface area contributed by atoms with Gasteiger partial charge in [-0.3, -0.25) is 4.79 Å². The van der Waals surface area contributed by atoms with Crippen LogP contribution >= 0.6 is 0 Å². The minimum atomic E-state index is -0.814. The molecule has 2 N–H and O–H groups in total. The van der Waals surface area contributed by atoms with E-state index in [0.717, 1.165) is 13.1 Å². The molecule has 0 aromatic heterocycles. The summed E-state index contributed by atoms with van der Waals surface area (Å²) in [6.07, 6.45) is 2.45. The Morgan fingerprint density at radius 2 is 2.31 bits per heavy atom. The van der Waals surface area contributed by atoms with E-state index in [1.54, 1.807) is 6.92 Å². The molecule has 0 aromatic carbocycles. The number of nitrogens with one attached hydrogen (secondary N) is 1. The molecule has 4 heteroatoms. The fraction of sp³-hybridized carbons (Fsp3) is 0.917. The molecule has 2 unspecified atom stereocenters. The maximum atomic E-state index is 11.3. The molecular weight excluding hydrogens is 204 g/mol. The van der Waals surface area contributed by atoms with Crippen molar-refractivity contribution >= 4 is 5.97 Å². The summed E-state index contributed by atoms with van der Waals surface area (Å²) in [6, 6.07) is 0. The third-order valence-corrected chi connectivity index (χ3v) is 3.32. The predicted molar refractivity (Wildman–Crippen MR) is 64.6 cm³/mol. The zero-order chi connectivity index (χ0) is 12.2. The molecule has 0 spiro atoms. The van der Waals surface area contributed by atoms with Gasteiger partial charge in [-0.05, 0) is 38.8 Å². The normalized spacial score (nSPS) is 26.3. The van der Waals surface area contributed by atoms with Crippen LogP contribution in [0.3, 0.4) is 0 Å². The van der Waals surface area contributed by atoms with E-state index in [1.165, 1.54) is 12.8 Å². The molecule has 0 amide bonds. The Kier molecular flexibility index (Phi) is 4.74. The second kappa shape index (κ2) is 5.64. The molecule has 94 valence electrons. The average molecular weight is 228 g/mol. The van der Waals surface area contributed by atoms with Gasteiger partial charge in [0.05, 0.1) is 0 Å². The number of aliphatic carboxylic acids is 1. The Hall–Kier alpha value is -0.610. The van der Waals surface area contributed by atoms with Gasteiger partial charge < -0.3 is 15.3 Å². The highest BCUT2D eigenvalue weighted by Crippen LogP contribution is 2.18. The van der Waals surface area contributed by atoms with E-state index in [9.17, 15) is 9.90 Å². The van der Waals surface area contributed by atoms with Crippen molar-refractivity contribution in [2.24, 2.45) is 5.92 Å². The first-order valence-electron chi connectivity index (χ1n) is 6.18. The van der Waals surface area contributed by atoms with Gasteiger partial charge in [0.2, 0.25) is 0 Å². The number of hydrogen-bond acceptors (Lipinski definition) is 3. The van der Waals surface area contributed by atoms with E-state index >= 15 is 0 Å². The fourth-order valence-corrected chi connectivity index (χ4v) is 2.47. The lowest BCUT2D eigenvalue weighted by Crippen LogP contribution is -2.58. The molecule has 1 fully saturated rings. The number of likely N-dealkylation sites (tertiary alicyclic amines) is 1. The van der Waals surface area contributed by atoms with E-state index in [4.69, 9.17) is 0 Å².